The van der Waals surface area contributed by atoms with Gasteiger partial charge in [0.2, 0.25) is 17.6 Å². The molecule has 3 rings (SSSR count). The van der Waals surface area contributed by atoms with Gasteiger partial charge in [-0.25, -0.2) is 0 Å². The predicted molar refractivity (Wildman–Crippen MR) is 98.2 cm³/mol. The molecule has 3 aromatic rings. The van der Waals surface area contributed by atoms with Crippen molar-refractivity contribution in [1.29, 1.82) is 0 Å². The molecule has 0 spiro atoms. The Hall–Kier alpha value is -3.41. The topological polar surface area (TPSA) is 68.5 Å². The fourth-order valence-electron chi connectivity index (χ4n) is 2.31. The van der Waals surface area contributed by atoms with E-state index < -0.39 is 0 Å². The van der Waals surface area contributed by atoms with Gasteiger partial charge in [-0.2, -0.15) is 4.98 Å². The zero-order chi connectivity index (χ0) is 18.4. The van der Waals surface area contributed by atoms with Crippen molar-refractivity contribution in [3.63, 3.8) is 0 Å². The minimum atomic E-state index is -0.153. The van der Waals surface area contributed by atoms with E-state index >= 15 is 0 Å². The Balaban J connectivity index is 1.60. The van der Waals surface area contributed by atoms with Gasteiger partial charge in [0.1, 0.15) is 5.75 Å². The third kappa shape index (κ3) is 4.36. The summed E-state index contributed by atoms with van der Waals surface area (Å²) in [6.45, 7) is 0.242. The molecule has 0 fully saturated rings. The van der Waals surface area contributed by atoms with Gasteiger partial charge < -0.3 is 14.2 Å². The van der Waals surface area contributed by atoms with Crippen LogP contribution in [-0.4, -0.2) is 35.1 Å². The summed E-state index contributed by atoms with van der Waals surface area (Å²) in [6, 6.07) is 17.0. The molecule has 0 bridgehead atoms. The first-order valence-electron chi connectivity index (χ1n) is 8.11. The second kappa shape index (κ2) is 8.11. The van der Waals surface area contributed by atoms with Gasteiger partial charge in [-0.05, 0) is 23.8 Å². The summed E-state index contributed by atoms with van der Waals surface area (Å²) in [5.41, 5.74) is 1.78. The van der Waals surface area contributed by atoms with Gasteiger partial charge in [0, 0.05) is 18.7 Å². The van der Waals surface area contributed by atoms with Crippen LogP contribution in [-0.2, 0) is 11.3 Å². The highest BCUT2D eigenvalue weighted by Crippen LogP contribution is 2.16. The lowest BCUT2D eigenvalue weighted by Gasteiger charge is -2.11. The smallest absolute Gasteiger partial charge is 0.246 e. The number of methoxy groups -OCH3 is 1. The monoisotopic (exact) mass is 349 g/mol. The third-order valence-electron chi connectivity index (χ3n) is 3.78. The summed E-state index contributed by atoms with van der Waals surface area (Å²) in [7, 11) is 3.30. The highest BCUT2D eigenvalue weighted by atomic mass is 16.5. The summed E-state index contributed by atoms with van der Waals surface area (Å²) in [5, 5.41) is 3.95. The van der Waals surface area contributed by atoms with Crippen molar-refractivity contribution in [3.8, 4) is 17.1 Å². The lowest BCUT2D eigenvalue weighted by atomic mass is 10.2. The molecule has 132 valence electrons. The Labute approximate surface area is 151 Å². The van der Waals surface area contributed by atoms with Gasteiger partial charge in [0.15, 0.2) is 0 Å². The molecule has 0 saturated heterocycles. The van der Waals surface area contributed by atoms with E-state index in [-0.39, 0.29) is 12.5 Å². The molecule has 6 heteroatoms. The summed E-state index contributed by atoms with van der Waals surface area (Å²) >= 11 is 0. The molecule has 0 aliphatic rings. The molecule has 1 heterocycles. The number of aromatic nitrogens is 2. The van der Waals surface area contributed by atoms with Crippen LogP contribution in [0.25, 0.3) is 17.5 Å². The molecule has 1 aromatic heterocycles. The average molecular weight is 349 g/mol. The van der Waals surface area contributed by atoms with Crippen LogP contribution in [0.3, 0.4) is 0 Å². The number of likely N-dealkylation sites (N-methyl/N-ethyl adjacent to an activating group) is 1. The molecule has 0 N–H and O–H groups in total. The van der Waals surface area contributed by atoms with Gasteiger partial charge >= 0.3 is 0 Å². The van der Waals surface area contributed by atoms with E-state index in [0.29, 0.717) is 11.7 Å². The average Bonchev–Trinajstić information content (AvgIpc) is 3.15. The zero-order valence-corrected chi connectivity index (χ0v) is 14.6. The Morgan fingerprint density at radius 2 is 1.88 bits per heavy atom. The number of carbonyl (C=O) groups is 1. The van der Waals surface area contributed by atoms with Crippen molar-refractivity contribution in [2.75, 3.05) is 14.2 Å². The maximum Gasteiger partial charge on any atom is 0.246 e. The first-order chi connectivity index (χ1) is 12.7. The number of benzene rings is 2. The number of hydrogen-bond donors (Lipinski definition) is 0. The first kappa shape index (κ1) is 17.4. The van der Waals surface area contributed by atoms with Crippen molar-refractivity contribution in [1.82, 2.24) is 15.0 Å². The minimum Gasteiger partial charge on any atom is -0.497 e. The third-order valence-corrected chi connectivity index (χ3v) is 3.78. The highest BCUT2D eigenvalue weighted by Gasteiger charge is 2.13. The molecule has 0 radical (unpaired) electrons. The van der Waals surface area contributed by atoms with E-state index in [1.807, 2.05) is 54.6 Å². The van der Waals surface area contributed by atoms with Crippen molar-refractivity contribution < 1.29 is 14.1 Å². The van der Waals surface area contributed by atoms with Crippen LogP contribution in [0.2, 0.25) is 0 Å². The lowest BCUT2D eigenvalue weighted by Crippen LogP contribution is -2.24. The van der Waals surface area contributed by atoms with Crippen molar-refractivity contribution in [3.05, 3.63) is 72.1 Å². The zero-order valence-electron chi connectivity index (χ0n) is 14.6. The van der Waals surface area contributed by atoms with Crippen LogP contribution in [0.1, 0.15) is 11.5 Å². The van der Waals surface area contributed by atoms with Crippen LogP contribution < -0.4 is 4.74 Å². The molecule has 0 aliphatic heterocycles. The molecular formula is C20H19N3O3. The van der Waals surface area contributed by atoms with E-state index in [0.717, 1.165) is 16.9 Å². The van der Waals surface area contributed by atoms with Gasteiger partial charge in [-0.3, -0.25) is 4.79 Å². The molecule has 26 heavy (non-hydrogen) atoms. The fourth-order valence-corrected chi connectivity index (χ4v) is 2.31. The first-order valence-corrected chi connectivity index (χ1v) is 8.11. The molecule has 0 saturated carbocycles. The van der Waals surface area contributed by atoms with Crippen LogP contribution in [0.5, 0.6) is 5.75 Å². The normalized spacial score (nSPS) is 10.8. The van der Waals surface area contributed by atoms with E-state index in [2.05, 4.69) is 10.1 Å². The van der Waals surface area contributed by atoms with E-state index in [9.17, 15) is 4.79 Å². The van der Waals surface area contributed by atoms with Gasteiger partial charge in [-0.1, -0.05) is 47.6 Å². The molecule has 0 aliphatic carbocycles. The Morgan fingerprint density at radius 3 is 2.58 bits per heavy atom. The second-order valence-electron chi connectivity index (χ2n) is 5.68. The van der Waals surface area contributed by atoms with Crippen LogP contribution in [0.15, 0.2) is 65.2 Å². The van der Waals surface area contributed by atoms with E-state index in [4.69, 9.17) is 9.26 Å². The molecule has 2 aromatic carbocycles. The number of hydrogen-bond acceptors (Lipinski definition) is 5. The molecule has 6 nitrogen and oxygen atoms in total. The standard InChI is InChI=1S/C20H19N3O3/c1-23(19(24)13-10-15-8-11-17(25-2)12-9-15)14-18-21-20(22-26-18)16-6-4-3-5-7-16/h3-13H,14H2,1-2H3/b13-10+. The predicted octanol–water partition coefficient (Wildman–Crippen LogP) is 3.42. The lowest BCUT2D eigenvalue weighted by molar-refractivity contribution is -0.125. The molecule has 0 unspecified atom stereocenters. The van der Waals surface area contributed by atoms with Crippen molar-refractivity contribution in [2.24, 2.45) is 0 Å². The molecule has 0 atom stereocenters. The quantitative estimate of drug-likeness (QED) is 0.638. The maximum absolute atomic E-state index is 12.2. The summed E-state index contributed by atoms with van der Waals surface area (Å²) < 4.78 is 10.3. The number of nitrogens with zero attached hydrogens (tertiary/aromatic N) is 3. The number of carbonyl (C=O) groups excluding carboxylic acids is 1. The Bertz CT molecular complexity index is 886. The summed E-state index contributed by atoms with van der Waals surface area (Å²) in [6.07, 6.45) is 3.26. The molecular weight excluding hydrogens is 330 g/mol. The van der Waals surface area contributed by atoms with Gasteiger partial charge in [0.05, 0.1) is 13.7 Å². The summed E-state index contributed by atoms with van der Waals surface area (Å²) in [5.74, 6) is 1.52. The largest absolute Gasteiger partial charge is 0.497 e. The Morgan fingerprint density at radius 1 is 1.15 bits per heavy atom. The second-order valence-corrected chi connectivity index (χ2v) is 5.68. The number of rotatable bonds is 6. The Kier molecular flexibility index (Phi) is 5.43. The van der Waals surface area contributed by atoms with Crippen LogP contribution in [0.4, 0.5) is 0 Å². The maximum atomic E-state index is 12.2. The van der Waals surface area contributed by atoms with Crippen molar-refractivity contribution in [2.45, 2.75) is 6.54 Å². The highest BCUT2D eigenvalue weighted by molar-refractivity contribution is 5.91. The van der Waals surface area contributed by atoms with Crippen molar-refractivity contribution >= 4 is 12.0 Å². The minimum absolute atomic E-state index is 0.153. The van der Waals surface area contributed by atoms with Crippen LogP contribution >= 0.6 is 0 Å². The number of amides is 1. The van der Waals surface area contributed by atoms with E-state index in [1.54, 1.807) is 20.2 Å². The molecule has 1 amide bonds. The van der Waals surface area contributed by atoms with E-state index in [1.165, 1.54) is 11.0 Å². The van der Waals surface area contributed by atoms with Gasteiger partial charge in [0.25, 0.3) is 0 Å². The number of ether oxygens (including phenoxy) is 1. The van der Waals surface area contributed by atoms with Crippen LogP contribution in [0, 0.1) is 0 Å². The summed E-state index contributed by atoms with van der Waals surface area (Å²) in [4.78, 5) is 18.1. The van der Waals surface area contributed by atoms with Gasteiger partial charge in [-0.15, -0.1) is 0 Å². The fraction of sp³-hybridized carbons (Fsp3) is 0.150. The SMILES string of the molecule is COc1ccc(/C=C/C(=O)N(C)Cc2nc(-c3ccccc3)no2)cc1.